The van der Waals surface area contributed by atoms with Crippen LogP contribution in [-0.4, -0.2) is 138 Å². The topological polar surface area (TPSA) is 409 Å². The van der Waals surface area contributed by atoms with Crippen LogP contribution in [0.5, 0.6) is 11.5 Å². The Morgan fingerprint density at radius 2 is 1.77 bits per heavy atom. The molecule has 2 aromatic heterocycles. The number of benzene rings is 2. The first kappa shape index (κ1) is 54.0. The van der Waals surface area contributed by atoms with Gasteiger partial charge < -0.3 is 60.2 Å². The number of nitrogen functional groups attached to an aromatic ring is 1. The van der Waals surface area contributed by atoms with E-state index in [0.717, 1.165) is 49.5 Å². The Hall–Kier alpha value is -5.29. The number of phosphoric ester groups is 1. The van der Waals surface area contributed by atoms with Gasteiger partial charge in [-0.05, 0) is 51.3 Å². The van der Waals surface area contributed by atoms with E-state index >= 15 is 0 Å². The second-order valence-electron chi connectivity index (χ2n) is 17.7. The van der Waals surface area contributed by atoms with Gasteiger partial charge in [0.1, 0.15) is 53.9 Å². The average Bonchev–Trinajstić information content (AvgIpc) is 3.84. The Labute approximate surface area is 414 Å². The van der Waals surface area contributed by atoms with Crippen LogP contribution in [0.15, 0.2) is 48.0 Å². The summed E-state index contributed by atoms with van der Waals surface area (Å²) in [5, 5.41) is 18.2. The summed E-state index contributed by atoms with van der Waals surface area (Å²) in [7, 11) is -21.7. The zero-order valence-corrected chi connectivity index (χ0v) is 42.6. The first-order valence-corrected chi connectivity index (χ1v) is 28.5. The summed E-state index contributed by atoms with van der Waals surface area (Å²) in [6.07, 6.45) is -1.61. The lowest BCUT2D eigenvalue weighted by atomic mass is 9.88. The van der Waals surface area contributed by atoms with Gasteiger partial charge in [-0.1, -0.05) is 6.08 Å². The number of aliphatic hydroxyl groups excluding tert-OH is 1. The number of anilines is 2. The van der Waals surface area contributed by atoms with Crippen molar-refractivity contribution in [2.75, 3.05) is 55.7 Å². The van der Waals surface area contributed by atoms with Crippen LogP contribution in [0.25, 0.3) is 16.7 Å². The highest BCUT2D eigenvalue weighted by Crippen LogP contribution is 2.66. The van der Waals surface area contributed by atoms with Crippen LogP contribution in [0.1, 0.15) is 57.4 Å². The van der Waals surface area contributed by atoms with E-state index in [1.165, 1.54) is 4.57 Å². The molecule has 0 saturated carbocycles. The van der Waals surface area contributed by atoms with Crippen LogP contribution in [-0.2, 0) is 57.6 Å². The molecule has 2 unspecified atom stereocenters. The van der Waals surface area contributed by atoms with Gasteiger partial charge in [-0.3, -0.25) is 18.4 Å². The number of fused-ring (bicyclic) bond motifs is 5. The number of nitrogens with one attached hydrogen (secondary N) is 2. The van der Waals surface area contributed by atoms with Gasteiger partial charge in [-0.25, -0.2) is 43.0 Å². The number of hydrogen-bond donors (Lipinski definition) is 9. The zero-order chi connectivity index (χ0) is 52.8. The van der Waals surface area contributed by atoms with E-state index in [2.05, 4.69) is 45.7 Å². The van der Waals surface area contributed by atoms with Crippen molar-refractivity contribution in [1.29, 1.82) is 0 Å². The van der Waals surface area contributed by atoms with E-state index in [0.29, 0.717) is 52.3 Å². The first-order chi connectivity index (χ1) is 34.2. The minimum Gasteiger partial charge on any atom is -0.452 e. The van der Waals surface area contributed by atoms with Crippen LogP contribution < -0.4 is 41.3 Å². The average molecular weight is 1100 g/mol. The van der Waals surface area contributed by atoms with Gasteiger partial charge in [0.05, 0.1) is 24.5 Å². The number of hydrogen-bond acceptors (Lipinski definition) is 20. The molecule has 2 aromatic carbocycles. The third-order valence-electron chi connectivity index (χ3n) is 12.0. The molecule has 8 rings (SSSR count). The Morgan fingerprint density at radius 3 is 2.49 bits per heavy atom. The molecule has 73 heavy (non-hydrogen) atoms. The fourth-order valence-corrected chi connectivity index (χ4v) is 12.7. The molecule has 2 amide bonds. The Balaban J connectivity index is 0.892. The smallest absolute Gasteiger partial charge is 0.452 e. The number of ether oxygens (including phenoxy) is 3. The van der Waals surface area contributed by atoms with Gasteiger partial charge in [-0.15, -0.1) is 0 Å². The first-order valence-electron chi connectivity index (χ1n) is 22.4. The van der Waals surface area contributed by atoms with Crippen LogP contribution in [0.3, 0.4) is 0 Å². The Kier molecular flexibility index (Phi) is 15.4. The standard InChI is InChI=1S/C40H51N10O19P3S/c1-4-48-11-5-7-22-13-25-29(15-27(22)48)65-30-16-28-24(14-26(30)47-25)23(19-73(61,62)63)17-40(2,3)50(28)12-6-8-32(51)42-9-10-43-39(53)67-35-31(18-64-71(57,58)69-72(59,60)68-70(54,55)56)66-38(34(35)52)49-21-46-33-36(41)44-20-45-37(33)49/h13-17,20-21,31,34-35,38,52H,4-12,18-19H2,1-3H3,(H8-,41,42,43,44,45,51,53,54,55,56,57,58,59,60,61,62,63)/p+1/t31-,34-,35-,38-/m1/s1. The van der Waals surface area contributed by atoms with E-state index < -0.39 is 88.0 Å². The number of carbonyl (C=O) groups is 2. The highest BCUT2D eigenvalue weighted by molar-refractivity contribution is 7.86. The van der Waals surface area contributed by atoms with Gasteiger partial charge in [0.15, 0.2) is 35.3 Å². The molecule has 29 nitrogen and oxygen atoms in total. The van der Waals surface area contributed by atoms with E-state index in [9.17, 15) is 51.1 Å². The molecule has 33 heteroatoms. The molecule has 10 N–H and O–H groups in total. The number of nitrogens with zero attached hydrogens (tertiary/aromatic N) is 7. The van der Waals surface area contributed by atoms with E-state index in [1.807, 2.05) is 30.9 Å². The van der Waals surface area contributed by atoms with Crippen LogP contribution >= 0.6 is 23.5 Å². The van der Waals surface area contributed by atoms with Crippen molar-refractivity contribution >= 4 is 79.5 Å². The van der Waals surface area contributed by atoms with Gasteiger partial charge in [-0.2, -0.15) is 17.0 Å². The summed E-state index contributed by atoms with van der Waals surface area (Å²) < 4.78 is 103. The number of nitrogens with two attached hydrogens (primary N) is 1. The summed E-state index contributed by atoms with van der Waals surface area (Å²) >= 11 is 0. The summed E-state index contributed by atoms with van der Waals surface area (Å²) in [6, 6.07) is 7.55. The minimum absolute atomic E-state index is 0.0148. The minimum atomic E-state index is -5.90. The van der Waals surface area contributed by atoms with Crippen LogP contribution in [0.2, 0.25) is 0 Å². The van der Waals surface area contributed by atoms with Crippen molar-refractivity contribution in [1.82, 2.24) is 34.7 Å². The molecule has 4 aromatic rings. The van der Waals surface area contributed by atoms with Crippen molar-refractivity contribution in [2.45, 2.75) is 76.5 Å². The molecule has 0 spiro atoms. The fourth-order valence-electron chi connectivity index (χ4n) is 9.02. The zero-order valence-electron chi connectivity index (χ0n) is 39.1. The molecular formula is C40H52N10O19P3S+. The normalized spacial score (nSPS) is 21.8. The molecule has 1 fully saturated rings. The molecule has 1 saturated heterocycles. The summed E-state index contributed by atoms with van der Waals surface area (Å²) in [5.74, 6) is -0.0469. The molecule has 0 bridgehead atoms. The quantitative estimate of drug-likeness (QED) is 0.0242. The summed E-state index contributed by atoms with van der Waals surface area (Å²) in [6.45, 7) is 6.48. The maximum atomic E-state index is 13.1. The number of carbonyl (C=O) groups excluding carboxylic acids is 2. The van der Waals surface area contributed by atoms with Crippen molar-refractivity contribution in [3.63, 3.8) is 0 Å². The monoisotopic (exact) mass is 1100 g/mol. The number of rotatable bonds is 19. The lowest BCUT2D eigenvalue weighted by Crippen LogP contribution is -2.46. The number of alkyl carbamates (subject to hydrolysis) is 1. The maximum absolute atomic E-state index is 13.1. The van der Waals surface area contributed by atoms with E-state index in [-0.39, 0.29) is 36.5 Å². The molecular weight excluding hydrogens is 1050 g/mol. The predicted octanol–water partition coefficient (Wildman–Crippen LogP) is 1.09. The molecule has 4 aliphatic rings. The van der Waals surface area contributed by atoms with E-state index in [1.54, 1.807) is 18.2 Å². The SMILES string of the molecule is CC[N+]1=c2cc3c(cc2CCC1)=Nc1cc2c(cc1O3)N(CCCC(=O)NCCNC(=O)O[C@H]1[C@@H](O)[C@H](n3cnc4c(N)ncnc43)O[C@@H]1COP(=O)(O)OP(=O)(O)OP(=O)(O)O)C(C)(C)C=C2CS(=O)(=O)O. The number of phosphoric acid groups is 3. The predicted molar refractivity (Wildman–Crippen MR) is 254 cm³/mol. The van der Waals surface area contributed by atoms with Gasteiger partial charge in [0.2, 0.25) is 11.3 Å². The number of imidazole rings is 1. The second kappa shape index (κ2) is 20.8. The van der Waals surface area contributed by atoms with Crippen molar-refractivity contribution in [3.05, 3.63) is 64.8 Å². The molecule has 0 radical (unpaired) electrons. The largest absolute Gasteiger partial charge is 0.490 e. The Morgan fingerprint density at radius 1 is 1.01 bits per heavy atom. The van der Waals surface area contributed by atoms with Crippen molar-refractivity contribution in [3.8, 4) is 11.5 Å². The molecule has 0 aliphatic carbocycles. The number of aromatic nitrogens is 4. The van der Waals surface area contributed by atoms with Gasteiger partial charge in [0, 0.05) is 55.4 Å². The molecule has 4 aliphatic heterocycles. The summed E-state index contributed by atoms with van der Waals surface area (Å²) in [4.78, 5) is 82.4. The highest BCUT2D eigenvalue weighted by atomic mass is 32.2. The third-order valence-corrected chi connectivity index (χ3v) is 16.5. The fraction of sp³-hybridized carbons (Fsp3) is 0.475. The molecule has 6 heterocycles. The highest BCUT2D eigenvalue weighted by Gasteiger charge is 2.50. The number of aryl methyl sites for hydroxylation is 1. The van der Waals surface area contributed by atoms with Crippen LogP contribution in [0, 0.1) is 0 Å². The van der Waals surface area contributed by atoms with E-state index in [4.69, 9.17) is 39.2 Å². The van der Waals surface area contributed by atoms with Crippen molar-refractivity contribution < 1.29 is 88.3 Å². The van der Waals surface area contributed by atoms with Gasteiger partial charge >= 0.3 is 29.6 Å². The molecule has 396 valence electrons. The molecule has 6 atom stereocenters. The van der Waals surface area contributed by atoms with Crippen LogP contribution in [0.4, 0.5) is 22.0 Å². The number of amides is 2. The van der Waals surface area contributed by atoms with Crippen molar-refractivity contribution in [2.24, 2.45) is 4.99 Å². The summed E-state index contributed by atoms with van der Waals surface area (Å²) in [5.41, 5.74) is 8.36. The third kappa shape index (κ3) is 12.6. The van der Waals surface area contributed by atoms with Gasteiger partial charge in [0.25, 0.3) is 10.1 Å². The Bertz CT molecular complexity index is 3280. The maximum Gasteiger partial charge on any atom is 0.490 e. The lowest BCUT2D eigenvalue weighted by molar-refractivity contribution is -0.121. The lowest BCUT2D eigenvalue weighted by Gasteiger charge is -2.44. The number of aliphatic hydroxyl groups is 1. The second-order valence-corrected chi connectivity index (χ2v) is 23.5.